The first-order valence-corrected chi connectivity index (χ1v) is 8.77. The molecular formula is C18H18ClFN4O3. The summed E-state index contributed by atoms with van der Waals surface area (Å²) < 4.78 is 13.0. The highest BCUT2D eigenvalue weighted by Crippen LogP contribution is 2.27. The summed E-state index contributed by atoms with van der Waals surface area (Å²) in [4.78, 5) is 26.9. The molecule has 9 heteroatoms. The van der Waals surface area contributed by atoms with E-state index in [4.69, 9.17) is 11.6 Å². The first-order chi connectivity index (χ1) is 12.9. The van der Waals surface area contributed by atoms with Crippen LogP contribution in [0, 0.1) is 15.9 Å². The number of nitrogens with one attached hydrogen (secondary N) is 1. The van der Waals surface area contributed by atoms with E-state index in [-0.39, 0.29) is 29.6 Å². The molecule has 1 saturated heterocycles. The van der Waals surface area contributed by atoms with Gasteiger partial charge < -0.3 is 10.2 Å². The molecule has 2 aromatic carbocycles. The molecule has 0 unspecified atom stereocenters. The van der Waals surface area contributed by atoms with Gasteiger partial charge in [-0.05, 0) is 36.4 Å². The van der Waals surface area contributed by atoms with Crippen LogP contribution < -0.4 is 10.2 Å². The molecule has 1 heterocycles. The Hall–Kier alpha value is -2.71. The zero-order valence-electron chi connectivity index (χ0n) is 14.4. The van der Waals surface area contributed by atoms with Gasteiger partial charge in [-0.1, -0.05) is 11.6 Å². The highest BCUT2D eigenvalue weighted by molar-refractivity contribution is 6.31. The number of hydrogen-bond acceptors (Lipinski definition) is 5. The number of carbonyl (C=O) groups excluding carboxylic acids is 1. The third-order valence-electron chi connectivity index (χ3n) is 4.36. The number of hydrogen-bond donors (Lipinski definition) is 1. The lowest BCUT2D eigenvalue weighted by Gasteiger charge is -2.35. The van der Waals surface area contributed by atoms with Crippen LogP contribution in [0.2, 0.25) is 5.02 Å². The Bertz CT molecular complexity index is 839. The van der Waals surface area contributed by atoms with E-state index in [9.17, 15) is 19.3 Å². The largest absolute Gasteiger partial charge is 0.369 e. The van der Waals surface area contributed by atoms with Crippen molar-refractivity contribution in [2.75, 3.05) is 42.9 Å². The number of piperazine rings is 1. The van der Waals surface area contributed by atoms with Crippen LogP contribution in [-0.4, -0.2) is 48.5 Å². The number of anilines is 2. The van der Waals surface area contributed by atoms with Crippen LogP contribution in [-0.2, 0) is 4.79 Å². The Morgan fingerprint density at radius 3 is 2.44 bits per heavy atom. The summed E-state index contributed by atoms with van der Waals surface area (Å²) >= 11 is 5.87. The molecule has 0 aromatic heterocycles. The van der Waals surface area contributed by atoms with E-state index < -0.39 is 4.92 Å². The fraction of sp³-hybridized carbons (Fsp3) is 0.278. The summed E-state index contributed by atoms with van der Waals surface area (Å²) in [7, 11) is 0. The Morgan fingerprint density at radius 1 is 1.15 bits per heavy atom. The van der Waals surface area contributed by atoms with E-state index in [0.717, 1.165) is 5.69 Å². The average Bonchev–Trinajstić information content (AvgIpc) is 2.63. The van der Waals surface area contributed by atoms with Crippen molar-refractivity contribution in [3.8, 4) is 0 Å². The first kappa shape index (κ1) is 19.1. The quantitative estimate of drug-likeness (QED) is 0.624. The molecule has 1 fully saturated rings. The Labute approximate surface area is 160 Å². The molecule has 3 rings (SSSR count). The van der Waals surface area contributed by atoms with Gasteiger partial charge in [-0.25, -0.2) is 4.39 Å². The fourth-order valence-corrected chi connectivity index (χ4v) is 3.15. The lowest BCUT2D eigenvalue weighted by molar-refractivity contribution is -0.383. The van der Waals surface area contributed by atoms with Crippen LogP contribution in [0.25, 0.3) is 0 Å². The topological polar surface area (TPSA) is 78.7 Å². The van der Waals surface area contributed by atoms with Gasteiger partial charge in [0.15, 0.2) is 0 Å². The lowest BCUT2D eigenvalue weighted by Crippen LogP contribution is -2.48. The van der Waals surface area contributed by atoms with Crippen molar-refractivity contribution in [1.82, 2.24) is 4.90 Å². The predicted octanol–water partition coefficient (Wildman–Crippen LogP) is 3.15. The molecule has 0 atom stereocenters. The maximum absolute atomic E-state index is 13.0. The van der Waals surface area contributed by atoms with Gasteiger partial charge in [-0.2, -0.15) is 0 Å². The molecule has 0 saturated carbocycles. The van der Waals surface area contributed by atoms with Crippen molar-refractivity contribution in [3.05, 3.63) is 63.4 Å². The average molecular weight is 393 g/mol. The van der Waals surface area contributed by atoms with Gasteiger partial charge in [0, 0.05) is 43.0 Å². The second-order valence-electron chi connectivity index (χ2n) is 6.21. The second-order valence-corrected chi connectivity index (χ2v) is 6.64. The second kappa shape index (κ2) is 8.32. The molecule has 0 aliphatic carbocycles. The molecule has 1 aliphatic rings. The van der Waals surface area contributed by atoms with Crippen molar-refractivity contribution in [3.63, 3.8) is 0 Å². The summed E-state index contributed by atoms with van der Waals surface area (Å²) in [5, 5.41) is 13.9. The number of amides is 1. The van der Waals surface area contributed by atoms with Crippen molar-refractivity contribution >= 4 is 34.6 Å². The van der Waals surface area contributed by atoms with Gasteiger partial charge >= 0.3 is 0 Å². The zero-order valence-corrected chi connectivity index (χ0v) is 15.2. The number of nitro groups is 1. The SMILES string of the molecule is O=C(CN1CCN(c2ccc(F)cc2)CC1)Nc1cc(Cl)ccc1[N+](=O)[O-]. The predicted molar refractivity (Wildman–Crippen MR) is 102 cm³/mol. The maximum atomic E-state index is 13.0. The Balaban J connectivity index is 1.55. The monoisotopic (exact) mass is 392 g/mol. The minimum Gasteiger partial charge on any atom is -0.369 e. The molecule has 142 valence electrons. The van der Waals surface area contributed by atoms with E-state index in [1.54, 1.807) is 12.1 Å². The van der Waals surface area contributed by atoms with Gasteiger partial charge in [-0.3, -0.25) is 19.8 Å². The van der Waals surface area contributed by atoms with Gasteiger partial charge in [0.1, 0.15) is 11.5 Å². The van der Waals surface area contributed by atoms with E-state index in [1.165, 1.54) is 30.3 Å². The van der Waals surface area contributed by atoms with Gasteiger partial charge in [0.05, 0.1) is 11.5 Å². The summed E-state index contributed by atoms with van der Waals surface area (Å²) in [5.41, 5.74) is 0.825. The van der Waals surface area contributed by atoms with Crippen LogP contribution in [0.15, 0.2) is 42.5 Å². The smallest absolute Gasteiger partial charge is 0.292 e. The molecule has 1 amide bonds. The van der Waals surface area contributed by atoms with Crippen molar-refractivity contribution < 1.29 is 14.1 Å². The molecule has 2 aromatic rings. The van der Waals surface area contributed by atoms with Crippen LogP contribution in [0.3, 0.4) is 0 Å². The summed E-state index contributed by atoms with van der Waals surface area (Å²) in [6, 6.07) is 10.3. The number of nitro benzene ring substituents is 1. The number of carbonyl (C=O) groups is 1. The number of benzene rings is 2. The van der Waals surface area contributed by atoms with Crippen LogP contribution in [0.5, 0.6) is 0 Å². The van der Waals surface area contributed by atoms with Gasteiger partial charge in [0.25, 0.3) is 5.69 Å². The molecule has 27 heavy (non-hydrogen) atoms. The summed E-state index contributed by atoms with van der Waals surface area (Å²) in [6.45, 7) is 2.85. The van der Waals surface area contributed by atoms with E-state index >= 15 is 0 Å². The fourth-order valence-electron chi connectivity index (χ4n) is 2.98. The molecule has 7 nitrogen and oxygen atoms in total. The van der Waals surface area contributed by atoms with Crippen molar-refractivity contribution in [1.29, 1.82) is 0 Å². The normalized spacial score (nSPS) is 14.8. The molecule has 0 bridgehead atoms. The Morgan fingerprint density at radius 2 is 1.81 bits per heavy atom. The number of rotatable bonds is 5. The van der Waals surface area contributed by atoms with Gasteiger partial charge in [-0.15, -0.1) is 0 Å². The minimum absolute atomic E-state index is 0.0856. The molecule has 1 N–H and O–H groups in total. The molecule has 0 radical (unpaired) electrons. The molecule has 0 spiro atoms. The van der Waals surface area contributed by atoms with Crippen LogP contribution >= 0.6 is 11.6 Å². The Kier molecular flexibility index (Phi) is 5.88. The number of nitrogens with zero attached hydrogens (tertiary/aromatic N) is 3. The minimum atomic E-state index is -0.562. The summed E-state index contributed by atoms with van der Waals surface area (Å²) in [6.07, 6.45) is 0. The maximum Gasteiger partial charge on any atom is 0.292 e. The lowest BCUT2D eigenvalue weighted by atomic mass is 10.2. The van der Waals surface area contributed by atoms with Crippen molar-refractivity contribution in [2.24, 2.45) is 0 Å². The van der Waals surface area contributed by atoms with E-state index in [1.807, 2.05) is 4.90 Å². The summed E-state index contributed by atoms with van der Waals surface area (Å²) in [5.74, 6) is -0.611. The third kappa shape index (κ3) is 4.93. The van der Waals surface area contributed by atoms with Gasteiger partial charge in [0.2, 0.25) is 5.91 Å². The molecule has 1 aliphatic heterocycles. The van der Waals surface area contributed by atoms with Crippen molar-refractivity contribution in [2.45, 2.75) is 0 Å². The standard InChI is InChI=1S/C18H18ClFN4O3/c19-13-1-6-17(24(26)27)16(11-13)21-18(25)12-22-7-9-23(10-8-22)15-4-2-14(20)3-5-15/h1-6,11H,7-10,12H2,(H,21,25). The van der Waals surface area contributed by atoms with Crippen LogP contribution in [0.4, 0.5) is 21.5 Å². The highest BCUT2D eigenvalue weighted by atomic mass is 35.5. The van der Waals surface area contributed by atoms with E-state index in [2.05, 4.69) is 10.2 Å². The molecular weight excluding hydrogens is 375 g/mol. The zero-order chi connectivity index (χ0) is 19.4. The first-order valence-electron chi connectivity index (χ1n) is 8.39. The number of halogens is 2. The van der Waals surface area contributed by atoms with Crippen LogP contribution in [0.1, 0.15) is 0 Å². The highest BCUT2D eigenvalue weighted by Gasteiger charge is 2.21. The third-order valence-corrected chi connectivity index (χ3v) is 4.60. The van der Waals surface area contributed by atoms with E-state index in [0.29, 0.717) is 31.2 Å².